The number of carbonyl (C=O) groups is 2. The van der Waals surface area contributed by atoms with Gasteiger partial charge in [0.2, 0.25) is 0 Å². The summed E-state index contributed by atoms with van der Waals surface area (Å²) in [6.07, 6.45) is 1.24. The summed E-state index contributed by atoms with van der Waals surface area (Å²) in [7, 11) is 0. The molecule has 1 aromatic rings. The molecule has 2 amide bonds. The maximum Gasteiger partial charge on any atom is 0.277 e. The van der Waals surface area contributed by atoms with Gasteiger partial charge < -0.3 is 9.64 Å². The number of likely N-dealkylation sites (tertiary alicyclic amines) is 1. The van der Waals surface area contributed by atoms with Gasteiger partial charge >= 0.3 is 0 Å². The summed E-state index contributed by atoms with van der Waals surface area (Å²) in [6, 6.07) is 7.50. The van der Waals surface area contributed by atoms with Crippen LogP contribution in [0, 0.1) is 11.8 Å². The number of nitrogens with zero attached hydrogens (tertiary/aromatic N) is 2. The molecule has 0 radical (unpaired) electrons. The number of amides is 2. The number of ether oxygens (including phenoxy) is 1. The van der Waals surface area contributed by atoms with Crippen molar-refractivity contribution in [1.29, 1.82) is 0 Å². The second-order valence-electron chi connectivity index (χ2n) is 8.12. The number of rotatable bonds is 5. The number of benzene rings is 1. The van der Waals surface area contributed by atoms with Crippen LogP contribution in [-0.2, 0) is 9.59 Å². The van der Waals surface area contributed by atoms with Gasteiger partial charge in [-0.05, 0) is 56.7 Å². The number of piperidine rings is 1. The van der Waals surface area contributed by atoms with Gasteiger partial charge in [0, 0.05) is 19.6 Å². The van der Waals surface area contributed by atoms with Crippen molar-refractivity contribution in [3.63, 3.8) is 0 Å². The molecule has 5 heteroatoms. The van der Waals surface area contributed by atoms with Gasteiger partial charge in [0.1, 0.15) is 11.4 Å². The highest BCUT2D eigenvalue weighted by Gasteiger charge is 2.42. The van der Waals surface area contributed by atoms with Gasteiger partial charge in [-0.1, -0.05) is 26.0 Å². The van der Waals surface area contributed by atoms with Crippen LogP contribution in [0.25, 0.3) is 5.57 Å². The molecule has 0 saturated carbocycles. The van der Waals surface area contributed by atoms with E-state index in [0.29, 0.717) is 29.7 Å². The lowest BCUT2D eigenvalue weighted by atomic mass is 9.91. The van der Waals surface area contributed by atoms with Crippen LogP contribution in [0.4, 0.5) is 0 Å². The Morgan fingerprint density at radius 3 is 2.15 bits per heavy atom. The summed E-state index contributed by atoms with van der Waals surface area (Å²) in [5, 5.41) is 0. The van der Waals surface area contributed by atoms with Gasteiger partial charge in [0.15, 0.2) is 0 Å². The molecule has 0 aromatic heterocycles. The predicted molar refractivity (Wildman–Crippen MR) is 106 cm³/mol. The van der Waals surface area contributed by atoms with E-state index in [1.165, 1.54) is 4.90 Å². The van der Waals surface area contributed by atoms with E-state index in [9.17, 15) is 9.59 Å². The zero-order chi connectivity index (χ0) is 19.7. The zero-order valence-electron chi connectivity index (χ0n) is 17.0. The van der Waals surface area contributed by atoms with Crippen molar-refractivity contribution in [2.24, 2.45) is 11.8 Å². The Labute approximate surface area is 162 Å². The number of imide groups is 1. The molecule has 2 atom stereocenters. The molecule has 2 heterocycles. The quantitative estimate of drug-likeness (QED) is 0.744. The Balaban J connectivity index is 2.02. The maximum atomic E-state index is 13.0. The lowest BCUT2D eigenvalue weighted by Gasteiger charge is -2.37. The lowest BCUT2D eigenvalue weighted by Crippen LogP contribution is -2.41. The molecule has 0 bridgehead atoms. The minimum atomic E-state index is -0.194. The summed E-state index contributed by atoms with van der Waals surface area (Å²) >= 11 is 0. The minimum absolute atomic E-state index is 0.0900. The van der Waals surface area contributed by atoms with E-state index in [2.05, 4.69) is 18.7 Å². The normalized spacial score (nSPS) is 23.6. The standard InChI is InChI=1S/C22H30N2O3/c1-6-24-21(25)19(17-7-9-18(10-8-17)27-14(2)3)20(22(24)26)23-12-15(4)11-16(5)13-23/h7-10,14-16H,6,11-13H2,1-5H3. The molecule has 3 rings (SSSR count). The summed E-state index contributed by atoms with van der Waals surface area (Å²) in [4.78, 5) is 29.5. The van der Waals surface area contributed by atoms with Crippen LogP contribution in [0.3, 0.4) is 0 Å². The third-order valence-electron chi connectivity index (χ3n) is 5.16. The van der Waals surface area contributed by atoms with Crippen LogP contribution in [0.15, 0.2) is 30.0 Å². The average Bonchev–Trinajstić information content (AvgIpc) is 2.84. The Hall–Kier alpha value is -2.30. The number of likely N-dealkylation sites (N-methyl/N-ethyl adjacent to an activating group) is 1. The van der Waals surface area contributed by atoms with Crippen molar-refractivity contribution in [3.05, 3.63) is 35.5 Å². The summed E-state index contributed by atoms with van der Waals surface area (Å²) in [5.74, 6) is 1.41. The fourth-order valence-electron chi connectivity index (χ4n) is 4.22. The van der Waals surface area contributed by atoms with E-state index in [0.717, 1.165) is 30.8 Å². The summed E-state index contributed by atoms with van der Waals surface area (Å²) in [5.41, 5.74) is 1.87. The fraction of sp³-hybridized carbons (Fsp3) is 0.545. The summed E-state index contributed by atoms with van der Waals surface area (Å²) in [6.45, 7) is 12.2. The maximum absolute atomic E-state index is 13.0. The Kier molecular flexibility index (Phi) is 5.59. The van der Waals surface area contributed by atoms with Crippen molar-refractivity contribution in [3.8, 4) is 5.75 Å². The van der Waals surface area contributed by atoms with Crippen molar-refractivity contribution in [1.82, 2.24) is 9.80 Å². The van der Waals surface area contributed by atoms with Crippen LogP contribution in [0.1, 0.15) is 46.6 Å². The van der Waals surface area contributed by atoms with Crippen molar-refractivity contribution >= 4 is 17.4 Å². The molecule has 146 valence electrons. The average molecular weight is 370 g/mol. The smallest absolute Gasteiger partial charge is 0.277 e. The number of carbonyl (C=O) groups excluding carboxylic acids is 2. The second-order valence-corrected chi connectivity index (χ2v) is 8.12. The topological polar surface area (TPSA) is 49.9 Å². The van der Waals surface area contributed by atoms with E-state index in [1.807, 2.05) is 45.0 Å². The first-order valence-corrected chi connectivity index (χ1v) is 9.94. The van der Waals surface area contributed by atoms with E-state index in [-0.39, 0.29) is 17.9 Å². The highest BCUT2D eigenvalue weighted by atomic mass is 16.5. The molecule has 1 fully saturated rings. The molecule has 5 nitrogen and oxygen atoms in total. The van der Waals surface area contributed by atoms with Crippen molar-refractivity contribution < 1.29 is 14.3 Å². The van der Waals surface area contributed by atoms with Gasteiger partial charge in [-0.15, -0.1) is 0 Å². The monoisotopic (exact) mass is 370 g/mol. The van der Waals surface area contributed by atoms with Gasteiger partial charge in [0.25, 0.3) is 11.8 Å². The highest BCUT2D eigenvalue weighted by Crippen LogP contribution is 2.35. The molecule has 0 spiro atoms. The van der Waals surface area contributed by atoms with Crippen molar-refractivity contribution in [2.75, 3.05) is 19.6 Å². The van der Waals surface area contributed by atoms with Crippen LogP contribution >= 0.6 is 0 Å². The van der Waals surface area contributed by atoms with Crippen LogP contribution < -0.4 is 4.74 Å². The Bertz CT molecular complexity index is 741. The first-order chi connectivity index (χ1) is 12.8. The minimum Gasteiger partial charge on any atom is -0.491 e. The van der Waals surface area contributed by atoms with E-state index in [1.54, 1.807) is 0 Å². The fourth-order valence-corrected chi connectivity index (χ4v) is 4.22. The molecule has 27 heavy (non-hydrogen) atoms. The van der Waals surface area contributed by atoms with Gasteiger partial charge in [-0.25, -0.2) is 0 Å². The Morgan fingerprint density at radius 2 is 1.63 bits per heavy atom. The molecule has 0 aliphatic carbocycles. The molecule has 1 saturated heterocycles. The van der Waals surface area contributed by atoms with Crippen LogP contribution in [-0.4, -0.2) is 47.4 Å². The van der Waals surface area contributed by atoms with Gasteiger partial charge in [0.05, 0.1) is 11.7 Å². The number of hydrogen-bond donors (Lipinski definition) is 0. The van der Waals surface area contributed by atoms with E-state index >= 15 is 0 Å². The van der Waals surface area contributed by atoms with Crippen molar-refractivity contribution in [2.45, 2.75) is 47.1 Å². The molecule has 2 aliphatic rings. The molecule has 1 aromatic carbocycles. The largest absolute Gasteiger partial charge is 0.491 e. The van der Waals surface area contributed by atoms with Crippen LogP contribution in [0.5, 0.6) is 5.75 Å². The third-order valence-corrected chi connectivity index (χ3v) is 5.16. The number of hydrogen-bond acceptors (Lipinski definition) is 4. The SMILES string of the molecule is CCN1C(=O)C(c2ccc(OC(C)C)cc2)=C(N2CC(C)CC(C)C2)C1=O. The highest BCUT2D eigenvalue weighted by molar-refractivity contribution is 6.35. The zero-order valence-corrected chi connectivity index (χ0v) is 17.0. The van der Waals surface area contributed by atoms with Gasteiger partial charge in [-0.2, -0.15) is 0 Å². The van der Waals surface area contributed by atoms with Gasteiger partial charge in [-0.3, -0.25) is 14.5 Å². The predicted octanol–water partition coefficient (Wildman–Crippen LogP) is 3.55. The molecule has 0 N–H and O–H groups in total. The first kappa shape index (κ1) is 19.5. The second kappa shape index (κ2) is 7.75. The summed E-state index contributed by atoms with van der Waals surface area (Å²) < 4.78 is 5.70. The lowest BCUT2D eigenvalue weighted by molar-refractivity contribution is -0.137. The van der Waals surface area contributed by atoms with E-state index < -0.39 is 0 Å². The Morgan fingerprint density at radius 1 is 1.04 bits per heavy atom. The molecular weight excluding hydrogens is 340 g/mol. The third kappa shape index (κ3) is 3.87. The van der Waals surface area contributed by atoms with Crippen LogP contribution in [0.2, 0.25) is 0 Å². The molecule has 2 aliphatic heterocycles. The molecular formula is C22H30N2O3. The first-order valence-electron chi connectivity index (χ1n) is 9.94. The van der Waals surface area contributed by atoms with E-state index in [4.69, 9.17) is 4.74 Å². The molecule has 2 unspecified atom stereocenters.